The molecule has 10 rings (SSSR count). The van der Waals surface area contributed by atoms with Crippen molar-refractivity contribution < 1.29 is 43.5 Å². The van der Waals surface area contributed by atoms with Gasteiger partial charge in [-0.3, -0.25) is 4.90 Å². The number of oxime groups is 1. The molecular formula is C67H70N2O9. The minimum atomic E-state index is -1.52. The van der Waals surface area contributed by atoms with Gasteiger partial charge in [0.05, 0.1) is 38.0 Å². The van der Waals surface area contributed by atoms with Crippen molar-refractivity contribution in [2.75, 3.05) is 33.0 Å². The first-order valence-corrected chi connectivity index (χ1v) is 27.6. The summed E-state index contributed by atoms with van der Waals surface area (Å²) >= 11 is 0. The second kappa shape index (κ2) is 26.2. The van der Waals surface area contributed by atoms with Gasteiger partial charge in [0.1, 0.15) is 36.5 Å². The van der Waals surface area contributed by atoms with E-state index < -0.39 is 23.8 Å². The highest BCUT2D eigenvalue weighted by Crippen LogP contribution is 2.62. The molecule has 78 heavy (non-hydrogen) atoms. The van der Waals surface area contributed by atoms with Crippen LogP contribution in [0.25, 0.3) is 21.9 Å². The van der Waals surface area contributed by atoms with Gasteiger partial charge in [-0.25, -0.2) is 4.79 Å². The van der Waals surface area contributed by atoms with Crippen LogP contribution in [0, 0.1) is 17.8 Å². The molecule has 2 aliphatic carbocycles. The minimum Gasteiger partial charge on any atom is -0.459 e. The number of amides is 1. The molecule has 0 saturated heterocycles. The summed E-state index contributed by atoms with van der Waals surface area (Å²) in [6, 6.07) is 57.8. The van der Waals surface area contributed by atoms with E-state index in [1.807, 2.05) is 121 Å². The van der Waals surface area contributed by atoms with Gasteiger partial charge >= 0.3 is 6.09 Å². The monoisotopic (exact) mass is 1050 g/mol. The largest absolute Gasteiger partial charge is 0.459 e. The fourth-order valence-electron chi connectivity index (χ4n) is 11.9. The van der Waals surface area contributed by atoms with Gasteiger partial charge in [-0.1, -0.05) is 176 Å². The number of aliphatic hydroxyl groups is 2. The second-order valence-corrected chi connectivity index (χ2v) is 20.4. The van der Waals surface area contributed by atoms with Gasteiger partial charge in [0.15, 0.2) is 0 Å². The standard InChI is InChI=1S/C67H70N2O9/c1-2-39-75-67-63(69(45-54-28-18-27-52-25-12-13-29-57(52)54)66(72)74-41-40-73-46-48-19-6-3-7-20-48)44-61(68-76-47-49-21-8-4-9-22-49)59-42-53(26-14-16-37-70)58(30-15-17-38-71)64(65(59)67)60-43-56(35-36-62(60)78-67)77-55-33-31-51(32-34-55)50-23-10-5-11-24-50/h2-13,18-25,27-29,31-36,42-43,53,58,63-65,70-71H,1,14-17,26,30,37-41,44-47H2. The van der Waals surface area contributed by atoms with Gasteiger partial charge in [0, 0.05) is 31.1 Å². The highest BCUT2D eigenvalue weighted by atomic mass is 16.7. The van der Waals surface area contributed by atoms with Crippen molar-refractivity contribution in [3.63, 3.8) is 0 Å². The van der Waals surface area contributed by atoms with E-state index in [1.165, 1.54) is 0 Å². The van der Waals surface area contributed by atoms with Gasteiger partial charge in [-0.05, 0) is 112 Å². The van der Waals surface area contributed by atoms with Gasteiger partial charge < -0.3 is 38.7 Å². The van der Waals surface area contributed by atoms with Crippen LogP contribution in [-0.2, 0) is 38.8 Å². The predicted octanol–water partition coefficient (Wildman–Crippen LogP) is 14.0. The van der Waals surface area contributed by atoms with Crippen molar-refractivity contribution in [2.24, 2.45) is 22.9 Å². The highest BCUT2D eigenvalue weighted by molar-refractivity contribution is 6.03. The summed E-state index contributed by atoms with van der Waals surface area (Å²) in [6.07, 6.45) is 8.20. The molecule has 6 atom stereocenters. The van der Waals surface area contributed by atoms with E-state index in [0.29, 0.717) is 42.4 Å². The van der Waals surface area contributed by atoms with Gasteiger partial charge in [0.25, 0.3) is 0 Å². The summed E-state index contributed by atoms with van der Waals surface area (Å²) in [5.74, 6) is -0.348. The SMILES string of the molecule is C=CCOC12Oc3ccc(Oc4ccc(-c5ccccc5)cc4)cc3C3C(CCCCO)C(CCCCO)C=C(C(=NOCc4ccccc4)CC1N(Cc1cccc4ccccc14)C(=O)OCCOCc1ccccc1)C32. The lowest BCUT2D eigenvalue weighted by molar-refractivity contribution is -0.256. The molecule has 0 radical (unpaired) electrons. The molecule has 1 amide bonds. The van der Waals surface area contributed by atoms with Gasteiger partial charge in [-0.2, -0.15) is 0 Å². The van der Waals surface area contributed by atoms with Gasteiger partial charge in [-0.15, -0.1) is 6.58 Å². The summed E-state index contributed by atoms with van der Waals surface area (Å²) in [4.78, 5) is 23.6. The molecule has 0 aromatic heterocycles. The Kier molecular flexibility index (Phi) is 18.1. The minimum absolute atomic E-state index is 0.00391. The summed E-state index contributed by atoms with van der Waals surface area (Å²) in [7, 11) is 0. The van der Waals surface area contributed by atoms with Crippen LogP contribution in [-0.4, -0.2) is 71.8 Å². The lowest BCUT2D eigenvalue weighted by Gasteiger charge is -2.59. The lowest BCUT2D eigenvalue weighted by Crippen LogP contribution is -2.70. The molecule has 402 valence electrons. The topological polar surface area (TPSA) is 129 Å². The zero-order valence-corrected chi connectivity index (χ0v) is 44.2. The number of allylic oxidation sites excluding steroid dienone is 1. The Balaban J connectivity index is 1.11. The van der Waals surface area contributed by atoms with Crippen molar-refractivity contribution in [1.29, 1.82) is 0 Å². The summed E-state index contributed by atoms with van der Waals surface area (Å²) < 4.78 is 34.0. The number of hydrogen-bond acceptors (Lipinski definition) is 10. The van der Waals surface area contributed by atoms with Crippen LogP contribution < -0.4 is 9.47 Å². The van der Waals surface area contributed by atoms with Crippen LogP contribution in [0.2, 0.25) is 0 Å². The number of benzene rings is 7. The third kappa shape index (κ3) is 12.4. The Morgan fingerprint density at radius 1 is 0.718 bits per heavy atom. The maximum absolute atomic E-state index is 15.4. The average Bonchev–Trinajstić information content (AvgIpc) is 3.60. The van der Waals surface area contributed by atoms with Gasteiger partial charge in [0.2, 0.25) is 5.79 Å². The van der Waals surface area contributed by atoms with E-state index in [9.17, 15) is 10.2 Å². The number of nitrogens with zero attached hydrogens (tertiary/aromatic N) is 2. The molecule has 7 aromatic rings. The number of hydrogen-bond donors (Lipinski definition) is 2. The molecule has 11 heteroatoms. The number of carbonyl (C=O) groups excluding carboxylic acids is 1. The van der Waals surface area contributed by atoms with Crippen LogP contribution in [0.4, 0.5) is 4.79 Å². The fourth-order valence-corrected chi connectivity index (χ4v) is 11.9. The van der Waals surface area contributed by atoms with Crippen LogP contribution in [0.1, 0.15) is 73.1 Å². The van der Waals surface area contributed by atoms with E-state index in [0.717, 1.165) is 75.4 Å². The first kappa shape index (κ1) is 53.8. The number of aliphatic hydroxyl groups excluding tert-OH is 2. The van der Waals surface area contributed by atoms with E-state index in [-0.39, 0.29) is 70.4 Å². The molecule has 6 unspecified atom stereocenters. The van der Waals surface area contributed by atoms with Crippen molar-refractivity contribution in [3.05, 3.63) is 222 Å². The van der Waals surface area contributed by atoms with Crippen LogP contribution >= 0.6 is 0 Å². The van der Waals surface area contributed by atoms with Crippen molar-refractivity contribution in [2.45, 2.75) is 82.5 Å². The summed E-state index contributed by atoms with van der Waals surface area (Å²) in [5.41, 5.74) is 7.68. The molecule has 1 fully saturated rings. The number of carbonyl (C=O) groups is 1. The Morgan fingerprint density at radius 2 is 1.38 bits per heavy atom. The molecule has 1 saturated carbocycles. The Bertz CT molecular complexity index is 3130. The zero-order valence-electron chi connectivity index (χ0n) is 44.2. The molecule has 11 nitrogen and oxygen atoms in total. The third-order valence-corrected chi connectivity index (χ3v) is 15.5. The first-order valence-electron chi connectivity index (χ1n) is 27.6. The maximum Gasteiger partial charge on any atom is 0.410 e. The van der Waals surface area contributed by atoms with Crippen LogP contribution in [0.3, 0.4) is 0 Å². The number of rotatable bonds is 25. The fraction of sp³-hybridized carbons (Fsp3) is 0.313. The van der Waals surface area contributed by atoms with Crippen molar-refractivity contribution in [3.8, 4) is 28.4 Å². The molecule has 1 heterocycles. The number of fused-ring (bicyclic) bond motifs is 3. The zero-order chi connectivity index (χ0) is 53.5. The van der Waals surface area contributed by atoms with Crippen molar-refractivity contribution >= 4 is 22.6 Å². The predicted molar refractivity (Wildman–Crippen MR) is 305 cm³/mol. The lowest BCUT2D eigenvalue weighted by atomic mass is 9.55. The Hall–Kier alpha value is -7.54. The molecule has 2 N–H and O–H groups in total. The smallest absolute Gasteiger partial charge is 0.410 e. The molecule has 7 aromatic carbocycles. The highest BCUT2D eigenvalue weighted by Gasteiger charge is 2.66. The van der Waals surface area contributed by atoms with Crippen LogP contribution in [0.5, 0.6) is 17.2 Å². The molecule has 0 spiro atoms. The average molecular weight is 1050 g/mol. The first-order chi connectivity index (χ1) is 38.5. The second-order valence-electron chi connectivity index (χ2n) is 20.4. The third-order valence-electron chi connectivity index (χ3n) is 15.5. The quantitative estimate of drug-likeness (QED) is 0.0327. The van der Waals surface area contributed by atoms with E-state index in [4.69, 9.17) is 33.7 Å². The van der Waals surface area contributed by atoms with Crippen LogP contribution in [0.15, 0.2) is 205 Å². The van der Waals surface area contributed by atoms with Crippen molar-refractivity contribution in [1.82, 2.24) is 4.90 Å². The molecule has 1 aliphatic heterocycles. The van der Waals surface area contributed by atoms with E-state index >= 15 is 4.79 Å². The summed E-state index contributed by atoms with van der Waals surface area (Å²) in [6.45, 7) is 5.37. The summed E-state index contributed by atoms with van der Waals surface area (Å²) in [5, 5.41) is 27.5. The molecule has 0 bridgehead atoms. The maximum atomic E-state index is 15.4. The normalized spacial score (nSPS) is 20.7. The number of unbranched alkanes of at least 4 members (excludes halogenated alkanes) is 2. The Morgan fingerprint density at radius 3 is 2.13 bits per heavy atom. The molecule has 3 aliphatic rings. The number of ether oxygens (including phenoxy) is 5. The van der Waals surface area contributed by atoms with E-state index in [2.05, 4.69) is 67.3 Å². The molecular weight excluding hydrogens is 977 g/mol. The Labute approximate surface area is 458 Å². The van der Waals surface area contributed by atoms with E-state index in [1.54, 1.807) is 11.0 Å².